The minimum absolute atomic E-state index is 0.0467. The number of pyridine rings is 2. The van der Waals surface area contributed by atoms with E-state index in [1.54, 1.807) is 0 Å². The summed E-state index contributed by atoms with van der Waals surface area (Å²) in [5.41, 5.74) is 3.39. The van der Waals surface area contributed by atoms with Gasteiger partial charge in [-0.3, -0.25) is 14.7 Å². The van der Waals surface area contributed by atoms with Crippen molar-refractivity contribution in [3.63, 3.8) is 0 Å². The van der Waals surface area contributed by atoms with Gasteiger partial charge in [0.1, 0.15) is 17.7 Å². The molecule has 0 aliphatic carbocycles. The predicted molar refractivity (Wildman–Crippen MR) is 146 cm³/mol. The zero-order valence-electron chi connectivity index (χ0n) is 23.1. The molecule has 5 rings (SSSR count). The van der Waals surface area contributed by atoms with Crippen LogP contribution in [-0.2, 0) is 27.1 Å². The highest BCUT2D eigenvalue weighted by Crippen LogP contribution is 2.40. The molecular formula is C30H41FN4O4. The number of rotatable bonds is 10. The van der Waals surface area contributed by atoms with E-state index in [1.807, 2.05) is 4.90 Å². The van der Waals surface area contributed by atoms with Gasteiger partial charge in [0.15, 0.2) is 0 Å². The molecule has 0 spiro atoms. The molecule has 212 valence electrons. The second kappa shape index (κ2) is 12.3. The third-order valence-electron chi connectivity index (χ3n) is 8.18. The standard InChI is InChI=1S/C30H41FN4O4/c1-30(2)12-10-25(39-19-30)26-24(16-21(31)17-33-26)27(29(36)37)35-14-11-23(18-35)38-15-4-3-7-22-9-8-20-6-5-13-32-28(20)34-22/h8-9,16-17,23,25,27H,3-7,10-15,18-19H2,1-2H3,(H,32,34)(H,36,37)/t23-,25+,27+/m1/s1. The predicted octanol–water partition coefficient (Wildman–Crippen LogP) is 5.09. The summed E-state index contributed by atoms with van der Waals surface area (Å²) in [6.07, 6.45) is 8.25. The van der Waals surface area contributed by atoms with Crippen molar-refractivity contribution < 1.29 is 23.8 Å². The van der Waals surface area contributed by atoms with E-state index in [1.165, 1.54) is 11.6 Å². The molecule has 0 bridgehead atoms. The molecule has 2 N–H and O–H groups in total. The largest absolute Gasteiger partial charge is 0.480 e. The molecule has 5 heterocycles. The molecule has 2 aromatic heterocycles. The topological polar surface area (TPSA) is 96.8 Å². The van der Waals surface area contributed by atoms with Crippen LogP contribution >= 0.6 is 0 Å². The molecule has 3 aliphatic rings. The van der Waals surface area contributed by atoms with Crippen molar-refractivity contribution in [3.8, 4) is 0 Å². The molecule has 0 radical (unpaired) electrons. The normalized spacial score (nSPS) is 23.7. The third kappa shape index (κ3) is 6.94. The van der Waals surface area contributed by atoms with Crippen LogP contribution in [0.5, 0.6) is 0 Å². The van der Waals surface area contributed by atoms with Crippen molar-refractivity contribution in [2.45, 2.75) is 83.5 Å². The molecule has 2 saturated heterocycles. The van der Waals surface area contributed by atoms with Crippen LogP contribution in [0.25, 0.3) is 0 Å². The van der Waals surface area contributed by atoms with E-state index in [4.69, 9.17) is 14.5 Å². The summed E-state index contributed by atoms with van der Waals surface area (Å²) in [6, 6.07) is 4.65. The quantitative estimate of drug-likeness (QED) is 0.402. The second-order valence-electron chi connectivity index (χ2n) is 11.9. The van der Waals surface area contributed by atoms with Crippen molar-refractivity contribution >= 4 is 11.8 Å². The number of anilines is 1. The highest BCUT2D eigenvalue weighted by molar-refractivity contribution is 5.76. The summed E-state index contributed by atoms with van der Waals surface area (Å²) in [7, 11) is 0. The zero-order chi connectivity index (χ0) is 27.4. The minimum atomic E-state index is -1.01. The third-order valence-corrected chi connectivity index (χ3v) is 8.18. The first-order valence-electron chi connectivity index (χ1n) is 14.4. The number of aromatic nitrogens is 2. The van der Waals surface area contributed by atoms with Crippen molar-refractivity contribution in [1.29, 1.82) is 0 Å². The van der Waals surface area contributed by atoms with Gasteiger partial charge in [-0.25, -0.2) is 9.37 Å². The molecule has 0 saturated carbocycles. The first-order valence-corrected chi connectivity index (χ1v) is 14.4. The van der Waals surface area contributed by atoms with Gasteiger partial charge in [-0.1, -0.05) is 19.9 Å². The highest BCUT2D eigenvalue weighted by Gasteiger charge is 2.38. The van der Waals surface area contributed by atoms with Crippen LogP contribution in [-0.4, -0.2) is 64.9 Å². The number of hydrogen-bond acceptors (Lipinski definition) is 7. The zero-order valence-corrected chi connectivity index (χ0v) is 23.1. The van der Waals surface area contributed by atoms with Gasteiger partial charge in [-0.2, -0.15) is 0 Å². The Morgan fingerprint density at radius 1 is 1.33 bits per heavy atom. The summed E-state index contributed by atoms with van der Waals surface area (Å²) >= 11 is 0. The van der Waals surface area contributed by atoms with Gasteiger partial charge >= 0.3 is 5.97 Å². The molecule has 2 fully saturated rings. The lowest BCUT2D eigenvalue weighted by Crippen LogP contribution is -2.35. The van der Waals surface area contributed by atoms with Crippen LogP contribution in [0.15, 0.2) is 24.4 Å². The summed E-state index contributed by atoms with van der Waals surface area (Å²) < 4.78 is 26.5. The van der Waals surface area contributed by atoms with E-state index in [9.17, 15) is 14.3 Å². The second-order valence-corrected chi connectivity index (χ2v) is 11.9. The molecule has 2 aromatic rings. The number of aliphatic carboxylic acids is 1. The van der Waals surface area contributed by atoms with Gasteiger partial charge in [-0.15, -0.1) is 0 Å². The number of aryl methyl sites for hydroxylation is 2. The van der Waals surface area contributed by atoms with Gasteiger partial charge in [0, 0.05) is 37.5 Å². The van der Waals surface area contributed by atoms with Gasteiger partial charge < -0.3 is 19.9 Å². The van der Waals surface area contributed by atoms with Crippen LogP contribution in [0, 0.1) is 11.2 Å². The summed E-state index contributed by atoms with van der Waals surface area (Å²) in [5.74, 6) is -0.510. The van der Waals surface area contributed by atoms with E-state index in [-0.39, 0.29) is 17.6 Å². The Labute approximate surface area is 230 Å². The fourth-order valence-corrected chi connectivity index (χ4v) is 5.95. The monoisotopic (exact) mass is 540 g/mol. The summed E-state index contributed by atoms with van der Waals surface area (Å²) in [5, 5.41) is 13.6. The van der Waals surface area contributed by atoms with Crippen LogP contribution < -0.4 is 5.32 Å². The van der Waals surface area contributed by atoms with Crippen molar-refractivity contribution in [3.05, 3.63) is 52.7 Å². The number of carbonyl (C=O) groups is 1. The maximum Gasteiger partial charge on any atom is 0.325 e. The molecule has 0 unspecified atom stereocenters. The average Bonchev–Trinajstić information content (AvgIpc) is 3.37. The Hall–Kier alpha value is -2.62. The first kappa shape index (κ1) is 27.9. The number of ether oxygens (including phenoxy) is 2. The molecule has 0 amide bonds. The molecule has 3 aliphatic heterocycles. The number of carboxylic acids is 1. The fraction of sp³-hybridized carbons (Fsp3) is 0.633. The van der Waals surface area contributed by atoms with Crippen LogP contribution in [0.3, 0.4) is 0 Å². The van der Waals surface area contributed by atoms with Crippen molar-refractivity contribution in [1.82, 2.24) is 14.9 Å². The van der Waals surface area contributed by atoms with Crippen LogP contribution in [0.4, 0.5) is 10.2 Å². The maximum absolute atomic E-state index is 14.3. The molecule has 9 heteroatoms. The molecule has 0 aromatic carbocycles. The number of fused-ring (bicyclic) bond motifs is 1. The van der Waals surface area contributed by atoms with E-state index >= 15 is 0 Å². The average molecular weight is 541 g/mol. The van der Waals surface area contributed by atoms with E-state index in [0.29, 0.717) is 37.6 Å². The molecule has 3 atom stereocenters. The van der Waals surface area contributed by atoms with Crippen LogP contribution in [0.2, 0.25) is 0 Å². The number of likely N-dealkylation sites (tertiary alicyclic amines) is 1. The fourth-order valence-electron chi connectivity index (χ4n) is 5.95. The number of nitrogens with zero attached hydrogens (tertiary/aromatic N) is 3. The Morgan fingerprint density at radius 3 is 3.00 bits per heavy atom. The number of carboxylic acid groups (broad SMARTS) is 1. The molecular weight excluding hydrogens is 499 g/mol. The van der Waals surface area contributed by atoms with E-state index in [0.717, 1.165) is 75.6 Å². The number of hydrogen-bond donors (Lipinski definition) is 2. The number of halogens is 1. The van der Waals surface area contributed by atoms with Crippen LogP contribution in [0.1, 0.15) is 87.0 Å². The van der Waals surface area contributed by atoms with Gasteiger partial charge in [0.25, 0.3) is 0 Å². The minimum Gasteiger partial charge on any atom is -0.480 e. The van der Waals surface area contributed by atoms with Gasteiger partial charge in [-0.05, 0) is 74.5 Å². The smallest absolute Gasteiger partial charge is 0.325 e. The summed E-state index contributed by atoms with van der Waals surface area (Å²) in [6.45, 7) is 7.53. The van der Waals surface area contributed by atoms with Gasteiger partial charge in [0.05, 0.1) is 30.7 Å². The number of unbranched alkanes of at least 4 members (excludes halogenated alkanes) is 1. The lowest BCUT2D eigenvalue weighted by atomic mass is 9.84. The summed E-state index contributed by atoms with van der Waals surface area (Å²) in [4.78, 5) is 23.5. The Balaban J connectivity index is 1.14. The lowest BCUT2D eigenvalue weighted by Gasteiger charge is -2.36. The molecule has 39 heavy (non-hydrogen) atoms. The lowest BCUT2D eigenvalue weighted by molar-refractivity contribution is -0.143. The Kier molecular flexibility index (Phi) is 8.79. The SMILES string of the molecule is CC1(C)CC[C@@H](c2ncc(F)cc2[C@@H](C(=O)O)N2CC[C@@H](OCCCCc3ccc4c(n3)NCCC4)C2)OC1. The van der Waals surface area contributed by atoms with Crippen molar-refractivity contribution in [2.24, 2.45) is 5.41 Å². The highest BCUT2D eigenvalue weighted by atomic mass is 19.1. The Bertz CT molecular complexity index is 1150. The van der Waals surface area contributed by atoms with Gasteiger partial charge in [0.2, 0.25) is 0 Å². The first-order chi connectivity index (χ1) is 18.8. The maximum atomic E-state index is 14.3. The van der Waals surface area contributed by atoms with E-state index in [2.05, 4.69) is 36.3 Å². The molecule has 8 nitrogen and oxygen atoms in total. The van der Waals surface area contributed by atoms with Crippen molar-refractivity contribution in [2.75, 3.05) is 38.2 Å². The van der Waals surface area contributed by atoms with E-state index < -0.39 is 17.8 Å². The number of nitrogens with one attached hydrogen (secondary N) is 1. The Morgan fingerprint density at radius 2 is 2.21 bits per heavy atom.